The van der Waals surface area contributed by atoms with E-state index in [0.29, 0.717) is 5.69 Å². The Bertz CT molecular complexity index is 845. The van der Waals surface area contributed by atoms with Gasteiger partial charge in [0.05, 0.1) is 11.4 Å². The van der Waals surface area contributed by atoms with Gasteiger partial charge in [0.25, 0.3) is 0 Å². The van der Waals surface area contributed by atoms with Crippen molar-refractivity contribution in [2.45, 2.75) is 26.2 Å². The van der Waals surface area contributed by atoms with Gasteiger partial charge in [0.15, 0.2) is 5.69 Å². The molecule has 0 saturated heterocycles. The monoisotopic (exact) mass is 301 g/mol. The molecule has 0 fully saturated rings. The summed E-state index contributed by atoms with van der Waals surface area (Å²) in [6, 6.07) is 22.3. The summed E-state index contributed by atoms with van der Waals surface area (Å²) >= 11 is 0. The van der Waals surface area contributed by atoms with Gasteiger partial charge in [-0.2, -0.15) is 10.4 Å². The fourth-order valence-corrected chi connectivity index (χ4v) is 2.55. The molecule has 0 unspecified atom stereocenters. The van der Waals surface area contributed by atoms with Crippen LogP contribution in [-0.4, -0.2) is 9.78 Å². The zero-order chi connectivity index (χ0) is 16.4. The highest BCUT2D eigenvalue weighted by Gasteiger charge is 2.15. The van der Waals surface area contributed by atoms with Crippen LogP contribution < -0.4 is 0 Å². The Labute approximate surface area is 136 Å². The van der Waals surface area contributed by atoms with Crippen LogP contribution in [0, 0.1) is 11.3 Å². The predicted octanol–water partition coefficient (Wildman–Crippen LogP) is 4.71. The van der Waals surface area contributed by atoms with Crippen LogP contribution in [-0.2, 0) is 5.41 Å². The maximum absolute atomic E-state index is 9.19. The van der Waals surface area contributed by atoms with Crippen molar-refractivity contribution >= 4 is 0 Å². The van der Waals surface area contributed by atoms with Crippen molar-refractivity contribution in [2.24, 2.45) is 0 Å². The highest BCUT2D eigenvalue weighted by Crippen LogP contribution is 2.28. The molecule has 0 aliphatic heterocycles. The van der Waals surface area contributed by atoms with Gasteiger partial charge in [0.2, 0.25) is 0 Å². The molecule has 0 aliphatic carbocycles. The van der Waals surface area contributed by atoms with Crippen LogP contribution in [0.5, 0.6) is 0 Å². The number of nitrogens with zero attached hydrogens (tertiary/aromatic N) is 3. The lowest BCUT2D eigenvalue weighted by Gasteiger charge is -2.19. The topological polar surface area (TPSA) is 41.6 Å². The number of hydrogen-bond donors (Lipinski definition) is 0. The lowest BCUT2D eigenvalue weighted by Crippen LogP contribution is -2.10. The van der Waals surface area contributed by atoms with Crippen molar-refractivity contribution in [1.82, 2.24) is 9.78 Å². The van der Waals surface area contributed by atoms with Crippen molar-refractivity contribution in [2.75, 3.05) is 0 Å². The van der Waals surface area contributed by atoms with Crippen LogP contribution in [0.3, 0.4) is 0 Å². The van der Waals surface area contributed by atoms with Gasteiger partial charge in [0.1, 0.15) is 6.07 Å². The quantitative estimate of drug-likeness (QED) is 0.688. The highest BCUT2D eigenvalue weighted by molar-refractivity contribution is 5.64. The first-order valence-corrected chi connectivity index (χ1v) is 7.65. The van der Waals surface area contributed by atoms with Gasteiger partial charge in [-0.05, 0) is 23.1 Å². The number of benzene rings is 2. The summed E-state index contributed by atoms with van der Waals surface area (Å²) in [6.45, 7) is 6.60. The molecule has 0 N–H and O–H groups in total. The maximum atomic E-state index is 9.19. The molecular formula is C20H19N3. The average molecular weight is 301 g/mol. The second-order valence-corrected chi connectivity index (χ2v) is 6.60. The summed E-state index contributed by atoms with van der Waals surface area (Å²) < 4.78 is 1.82. The third-order valence-electron chi connectivity index (χ3n) is 3.87. The van der Waals surface area contributed by atoms with Crippen molar-refractivity contribution in [1.29, 1.82) is 5.26 Å². The van der Waals surface area contributed by atoms with E-state index in [1.807, 2.05) is 41.1 Å². The number of hydrogen-bond acceptors (Lipinski definition) is 2. The van der Waals surface area contributed by atoms with Crippen LogP contribution >= 0.6 is 0 Å². The molecular weight excluding hydrogens is 282 g/mol. The van der Waals surface area contributed by atoms with E-state index in [-0.39, 0.29) is 5.41 Å². The molecule has 0 amide bonds. The van der Waals surface area contributed by atoms with Gasteiger partial charge in [-0.1, -0.05) is 63.2 Å². The molecule has 2 aromatic carbocycles. The average Bonchev–Trinajstić information content (AvgIpc) is 2.99. The number of para-hydroxylation sites is 1. The summed E-state index contributed by atoms with van der Waals surface area (Å²) in [5, 5.41) is 13.6. The second-order valence-electron chi connectivity index (χ2n) is 6.60. The molecule has 3 heteroatoms. The minimum absolute atomic E-state index is 0.121. The Morgan fingerprint density at radius 1 is 0.957 bits per heavy atom. The third kappa shape index (κ3) is 3.02. The van der Waals surface area contributed by atoms with E-state index < -0.39 is 0 Å². The fraction of sp³-hybridized carbons (Fsp3) is 0.200. The summed E-state index contributed by atoms with van der Waals surface area (Å²) in [6.07, 6.45) is 0. The van der Waals surface area contributed by atoms with Crippen molar-refractivity contribution in [3.8, 4) is 23.0 Å². The Hall–Kier alpha value is -2.86. The molecule has 0 aliphatic rings. The molecule has 114 valence electrons. The van der Waals surface area contributed by atoms with Crippen molar-refractivity contribution in [3.05, 3.63) is 71.9 Å². The van der Waals surface area contributed by atoms with Gasteiger partial charge in [-0.15, -0.1) is 0 Å². The van der Waals surface area contributed by atoms with E-state index in [0.717, 1.165) is 16.9 Å². The second kappa shape index (κ2) is 5.73. The lowest BCUT2D eigenvalue weighted by molar-refractivity contribution is 0.590. The van der Waals surface area contributed by atoms with Crippen molar-refractivity contribution in [3.63, 3.8) is 0 Å². The molecule has 0 saturated carbocycles. The molecule has 1 heterocycles. The Morgan fingerprint density at radius 3 is 2.17 bits per heavy atom. The number of aromatic nitrogens is 2. The van der Waals surface area contributed by atoms with Crippen LogP contribution in [0.1, 0.15) is 32.0 Å². The molecule has 3 nitrogen and oxygen atoms in total. The smallest absolute Gasteiger partial charge is 0.163 e. The number of nitriles is 1. The molecule has 0 atom stereocenters. The van der Waals surface area contributed by atoms with Gasteiger partial charge in [-0.25, -0.2) is 4.68 Å². The molecule has 23 heavy (non-hydrogen) atoms. The molecule has 0 bridgehead atoms. The first-order valence-electron chi connectivity index (χ1n) is 7.65. The molecule has 3 aromatic rings. The summed E-state index contributed by atoms with van der Waals surface area (Å²) in [5.41, 5.74) is 4.75. The predicted molar refractivity (Wildman–Crippen MR) is 92.4 cm³/mol. The summed E-state index contributed by atoms with van der Waals surface area (Å²) in [5.74, 6) is 0. The highest BCUT2D eigenvalue weighted by atomic mass is 15.3. The van der Waals surface area contributed by atoms with Gasteiger partial charge in [0, 0.05) is 11.6 Å². The van der Waals surface area contributed by atoms with E-state index in [4.69, 9.17) is 0 Å². The Morgan fingerprint density at radius 2 is 1.61 bits per heavy atom. The van der Waals surface area contributed by atoms with E-state index in [1.54, 1.807) is 0 Å². The minimum Gasteiger partial charge on any atom is -0.232 e. The van der Waals surface area contributed by atoms with E-state index in [9.17, 15) is 5.26 Å². The maximum Gasteiger partial charge on any atom is 0.163 e. The van der Waals surface area contributed by atoms with Crippen LogP contribution in [0.4, 0.5) is 0 Å². The normalized spacial score (nSPS) is 11.2. The van der Waals surface area contributed by atoms with E-state index >= 15 is 0 Å². The van der Waals surface area contributed by atoms with Gasteiger partial charge < -0.3 is 0 Å². The van der Waals surface area contributed by atoms with Crippen LogP contribution in [0.2, 0.25) is 0 Å². The van der Waals surface area contributed by atoms with E-state index in [1.165, 1.54) is 5.56 Å². The lowest BCUT2D eigenvalue weighted by atomic mass is 9.86. The molecule has 0 spiro atoms. The Kier molecular flexibility index (Phi) is 3.75. The summed E-state index contributed by atoms with van der Waals surface area (Å²) in [7, 11) is 0. The first kappa shape index (κ1) is 15.1. The Balaban J connectivity index is 2.10. The minimum atomic E-state index is 0.121. The third-order valence-corrected chi connectivity index (χ3v) is 3.87. The number of rotatable bonds is 2. The van der Waals surface area contributed by atoms with Gasteiger partial charge in [-0.3, -0.25) is 0 Å². The molecule has 3 rings (SSSR count). The zero-order valence-electron chi connectivity index (χ0n) is 13.6. The standard InChI is InChI=1S/C20H19N3/c1-20(2,3)16-11-9-15(10-12-16)19-13-17(14-21)22-23(19)18-7-5-4-6-8-18/h4-13H,1-3H3. The van der Waals surface area contributed by atoms with Gasteiger partial charge >= 0.3 is 0 Å². The molecule has 1 aromatic heterocycles. The van der Waals surface area contributed by atoms with Crippen LogP contribution in [0.25, 0.3) is 16.9 Å². The first-order chi connectivity index (χ1) is 11.0. The fourth-order valence-electron chi connectivity index (χ4n) is 2.55. The zero-order valence-corrected chi connectivity index (χ0v) is 13.6. The molecule has 0 radical (unpaired) electrons. The van der Waals surface area contributed by atoms with Crippen molar-refractivity contribution < 1.29 is 0 Å². The van der Waals surface area contributed by atoms with Crippen LogP contribution in [0.15, 0.2) is 60.7 Å². The summed E-state index contributed by atoms with van der Waals surface area (Å²) in [4.78, 5) is 0. The van der Waals surface area contributed by atoms with E-state index in [2.05, 4.69) is 56.2 Å². The SMILES string of the molecule is CC(C)(C)c1ccc(-c2cc(C#N)nn2-c2ccccc2)cc1. The largest absolute Gasteiger partial charge is 0.232 e.